The Morgan fingerprint density at radius 3 is 3.25 bits per heavy atom. The van der Waals surface area contributed by atoms with Gasteiger partial charge in [0.1, 0.15) is 0 Å². The van der Waals surface area contributed by atoms with Gasteiger partial charge in [-0.15, -0.1) is 0 Å². The van der Waals surface area contributed by atoms with Crippen molar-refractivity contribution in [3.63, 3.8) is 0 Å². The Morgan fingerprint density at radius 1 is 1.65 bits per heavy atom. The third-order valence-electron chi connectivity index (χ3n) is 3.21. The van der Waals surface area contributed by atoms with Gasteiger partial charge < -0.3 is 15.8 Å². The van der Waals surface area contributed by atoms with E-state index < -0.39 is 0 Å². The molecular weight excluding hydrogens is 254 g/mol. The molecule has 1 aromatic heterocycles. The summed E-state index contributed by atoms with van der Waals surface area (Å²) in [5, 5.41) is 3.04. The van der Waals surface area contributed by atoms with E-state index in [-0.39, 0.29) is 24.6 Å². The minimum Gasteiger partial charge on any atom is -0.378 e. The lowest BCUT2D eigenvalue weighted by atomic mass is 10.0. The van der Waals surface area contributed by atoms with E-state index in [1.807, 2.05) is 6.92 Å². The second-order valence-electron chi connectivity index (χ2n) is 4.80. The van der Waals surface area contributed by atoms with Gasteiger partial charge in [-0.3, -0.25) is 9.78 Å². The van der Waals surface area contributed by atoms with Crippen molar-refractivity contribution in [3.05, 3.63) is 29.6 Å². The van der Waals surface area contributed by atoms with Crippen LogP contribution in [0.5, 0.6) is 0 Å². The average Bonchev–Trinajstić information content (AvgIpc) is 2.45. The first-order chi connectivity index (χ1) is 9.70. The molecule has 0 radical (unpaired) electrons. The zero-order valence-corrected chi connectivity index (χ0v) is 11.6. The first-order valence-corrected chi connectivity index (χ1v) is 6.76. The van der Waals surface area contributed by atoms with E-state index in [9.17, 15) is 4.79 Å². The zero-order chi connectivity index (χ0) is 14.4. The fourth-order valence-corrected chi connectivity index (χ4v) is 2.23. The smallest absolute Gasteiger partial charge is 0.252 e. The summed E-state index contributed by atoms with van der Waals surface area (Å²) in [4.78, 5) is 16.3. The lowest BCUT2D eigenvalue weighted by Gasteiger charge is -2.28. The number of ether oxygens (including phenoxy) is 1. The van der Waals surface area contributed by atoms with Crippen molar-refractivity contribution >= 4 is 5.91 Å². The van der Waals surface area contributed by atoms with Gasteiger partial charge in [0, 0.05) is 25.0 Å². The maximum absolute atomic E-state index is 12.3. The predicted molar refractivity (Wildman–Crippen MR) is 76.1 cm³/mol. The van der Waals surface area contributed by atoms with Crippen molar-refractivity contribution < 1.29 is 9.53 Å². The summed E-state index contributed by atoms with van der Waals surface area (Å²) in [5.74, 6) is 5.51. The summed E-state index contributed by atoms with van der Waals surface area (Å²) >= 11 is 0. The molecule has 0 aliphatic carbocycles. The molecule has 5 heteroatoms. The summed E-state index contributed by atoms with van der Waals surface area (Å²) < 4.78 is 5.47. The number of rotatable bonds is 2. The van der Waals surface area contributed by atoms with Gasteiger partial charge in [-0.1, -0.05) is 11.8 Å². The molecule has 0 spiro atoms. The monoisotopic (exact) mass is 273 g/mol. The normalized spacial score (nSPS) is 21.7. The van der Waals surface area contributed by atoms with E-state index in [0.717, 1.165) is 12.8 Å². The molecule has 2 rings (SSSR count). The number of amides is 1. The second kappa shape index (κ2) is 7.04. The summed E-state index contributed by atoms with van der Waals surface area (Å²) in [6, 6.07) is 1.83. The number of nitrogens with one attached hydrogen (secondary N) is 1. The van der Waals surface area contributed by atoms with Crippen LogP contribution in [0.15, 0.2) is 18.5 Å². The zero-order valence-electron chi connectivity index (χ0n) is 11.6. The first kappa shape index (κ1) is 14.5. The second-order valence-corrected chi connectivity index (χ2v) is 4.80. The molecule has 1 amide bonds. The fourth-order valence-electron chi connectivity index (χ4n) is 2.23. The van der Waals surface area contributed by atoms with Crippen LogP contribution in [-0.4, -0.2) is 36.2 Å². The predicted octanol–water partition coefficient (Wildman–Crippen LogP) is 0.689. The van der Waals surface area contributed by atoms with Gasteiger partial charge in [0.2, 0.25) is 0 Å². The molecule has 1 aliphatic rings. The molecule has 0 bridgehead atoms. The Labute approximate surface area is 118 Å². The molecule has 0 saturated carbocycles. The van der Waals surface area contributed by atoms with Crippen LogP contribution in [0.1, 0.15) is 35.7 Å². The van der Waals surface area contributed by atoms with E-state index in [1.54, 1.807) is 18.5 Å². The van der Waals surface area contributed by atoms with Gasteiger partial charge in [-0.2, -0.15) is 0 Å². The number of carbonyl (C=O) groups is 1. The third-order valence-corrected chi connectivity index (χ3v) is 3.21. The Hall–Kier alpha value is -1.90. The molecule has 2 atom stereocenters. The third kappa shape index (κ3) is 3.80. The Kier molecular flexibility index (Phi) is 5.10. The van der Waals surface area contributed by atoms with Crippen molar-refractivity contribution in [3.8, 4) is 11.8 Å². The molecule has 0 aromatic carbocycles. The van der Waals surface area contributed by atoms with E-state index in [0.29, 0.717) is 17.7 Å². The molecule has 3 N–H and O–H groups in total. The standard InChI is InChI=1S/C15H19N3O2/c1-11-9-13(5-8-20-11)18-15(19)14-4-7-17-10-12(14)3-2-6-16/h4,7,10-11,13H,5-6,8-9,16H2,1H3,(H,18,19). The number of pyridine rings is 1. The minimum atomic E-state index is -0.118. The summed E-state index contributed by atoms with van der Waals surface area (Å²) in [6.45, 7) is 2.96. The van der Waals surface area contributed by atoms with Crippen LogP contribution in [-0.2, 0) is 4.74 Å². The number of nitrogens with zero attached hydrogens (tertiary/aromatic N) is 1. The van der Waals surface area contributed by atoms with Crippen LogP contribution in [0.4, 0.5) is 0 Å². The van der Waals surface area contributed by atoms with Crippen molar-refractivity contribution in [1.82, 2.24) is 10.3 Å². The van der Waals surface area contributed by atoms with E-state index in [1.165, 1.54) is 0 Å². The molecule has 106 valence electrons. The Bertz CT molecular complexity index is 533. The van der Waals surface area contributed by atoms with Gasteiger partial charge in [-0.25, -0.2) is 0 Å². The van der Waals surface area contributed by atoms with E-state index >= 15 is 0 Å². The molecule has 2 unspecified atom stereocenters. The molecule has 1 aromatic rings. The van der Waals surface area contributed by atoms with Gasteiger partial charge >= 0.3 is 0 Å². The van der Waals surface area contributed by atoms with Crippen LogP contribution in [0, 0.1) is 11.8 Å². The van der Waals surface area contributed by atoms with Crippen LogP contribution in [0.25, 0.3) is 0 Å². The highest BCUT2D eigenvalue weighted by molar-refractivity contribution is 5.96. The lowest BCUT2D eigenvalue weighted by molar-refractivity contribution is 0.0136. The maximum Gasteiger partial charge on any atom is 0.252 e. The minimum absolute atomic E-state index is 0.118. The number of hydrogen-bond donors (Lipinski definition) is 2. The average molecular weight is 273 g/mol. The van der Waals surface area contributed by atoms with Crippen LogP contribution in [0.2, 0.25) is 0 Å². The topological polar surface area (TPSA) is 77.2 Å². The van der Waals surface area contributed by atoms with Crippen molar-refractivity contribution in [2.45, 2.75) is 31.9 Å². The maximum atomic E-state index is 12.3. The summed E-state index contributed by atoms with van der Waals surface area (Å²) in [7, 11) is 0. The fraction of sp³-hybridized carbons (Fsp3) is 0.467. The van der Waals surface area contributed by atoms with Crippen molar-refractivity contribution in [2.75, 3.05) is 13.2 Å². The highest BCUT2D eigenvalue weighted by Crippen LogP contribution is 2.14. The molecule has 1 saturated heterocycles. The lowest BCUT2D eigenvalue weighted by Crippen LogP contribution is -2.41. The van der Waals surface area contributed by atoms with E-state index in [2.05, 4.69) is 22.1 Å². The number of hydrogen-bond acceptors (Lipinski definition) is 4. The highest BCUT2D eigenvalue weighted by Gasteiger charge is 2.22. The van der Waals surface area contributed by atoms with Crippen LogP contribution >= 0.6 is 0 Å². The van der Waals surface area contributed by atoms with Gasteiger partial charge in [0.25, 0.3) is 5.91 Å². The quantitative estimate of drug-likeness (QED) is 0.777. The number of aromatic nitrogens is 1. The van der Waals surface area contributed by atoms with Gasteiger partial charge in [0.05, 0.1) is 23.8 Å². The molecule has 1 aliphatic heterocycles. The van der Waals surface area contributed by atoms with Crippen molar-refractivity contribution in [2.24, 2.45) is 5.73 Å². The first-order valence-electron chi connectivity index (χ1n) is 6.76. The van der Waals surface area contributed by atoms with Crippen molar-refractivity contribution in [1.29, 1.82) is 0 Å². The SMILES string of the molecule is CC1CC(NC(=O)c2ccncc2C#CCN)CCO1. The Balaban J connectivity index is 2.09. The van der Waals surface area contributed by atoms with Gasteiger partial charge in [-0.05, 0) is 25.8 Å². The van der Waals surface area contributed by atoms with Crippen LogP contribution < -0.4 is 11.1 Å². The molecule has 1 fully saturated rings. The Morgan fingerprint density at radius 2 is 2.50 bits per heavy atom. The molecular formula is C15H19N3O2. The molecule has 2 heterocycles. The highest BCUT2D eigenvalue weighted by atomic mass is 16.5. The summed E-state index contributed by atoms with van der Waals surface area (Å²) in [5.41, 5.74) is 6.51. The number of nitrogens with two attached hydrogens (primary N) is 1. The molecule has 5 nitrogen and oxygen atoms in total. The largest absolute Gasteiger partial charge is 0.378 e. The van der Waals surface area contributed by atoms with Gasteiger partial charge in [0.15, 0.2) is 0 Å². The summed E-state index contributed by atoms with van der Waals surface area (Å²) in [6.07, 6.45) is 5.04. The van der Waals surface area contributed by atoms with Crippen LogP contribution in [0.3, 0.4) is 0 Å². The molecule has 20 heavy (non-hydrogen) atoms. The number of carbonyl (C=O) groups excluding carboxylic acids is 1. The van der Waals surface area contributed by atoms with E-state index in [4.69, 9.17) is 10.5 Å².